The Morgan fingerprint density at radius 3 is 2.56 bits per heavy atom. The quantitative estimate of drug-likeness (QED) is 0.719. The molecule has 0 radical (unpaired) electrons. The van der Waals surface area contributed by atoms with E-state index in [9.17, 15) is 5.11 Å². The fourth-order valence-electron chi connectivity index (χ4n) is 1.83. The van der Waals surface area contributed by atoms with Gasteiger partial charge in [-0.05, 0) is 26.2 Å². The van der Waals surface area contributed by atoms with Crippen molar-refractivity contribution >= 4 is 11.6 Å². The summed E-state index contributed by atoms with van der Waals surface area (Å²) in [5, 5.41) is 15.9. The van der Waals surface area contributed by atoms with Crippen LogP contribution in [0.3, 0.4) is 0 Å². The van der Waals surface area contributed by atoms with Crippen molar-refractivity contribution in [3.05, 3.63) is 11.4 Å². The molecule has 18 heavy (non-hydrogen) atoms. The summed E-state index contributed by atoms with van der Waals surface area (Å²) in [6.07, 6.45) is 2.78. The zero-order chi connectivity index (χ0) is 13.1. The summed E-state index contributed by atoms with van der Waals surface area (Å²) in [6, 6.07) is 0. The first-order valence-corrected chi connectivity index (χ1v) is 6.63. The lowest BCUT2D eigenvalue weighted by Crippen LogP contribution is -2.20. The van der Waals surface area contributed by atoms with Gasteiger partial charge in [-0.25, -0.2) is 9.97 Å². The van der Waals surface area contributed by atoms with Gasteiger partial charge in [0.15, 0.2) is 0 Å². The van der Waals surface area contributed by atoms with Crippen LogP contribution in [0.15, 0.2) is 0 Å². The third kappa shape index (κ3) is 2.90. The lowest BCUT2D eigenvalue weighted by atomic mass is 10.2. The van der Waals surface area contributed by atoms with Gasteiger partial charge in [-0.2, -0.15) is 0 Å². The van der Waals surface area contributed by atoms with Crippen LogP contribution >= 0.6 is 0 Å². The molecule has 1 unspecified atom stereocenters. The van der Waals surface area contributed by atoms with Crippen LogP contribution < -0.4 is 10.6 Å². The molecule has 1 aliphatic rings. The van der Waals surface area contributed by atoms with Gasteiger partial charge in [0, 0.05) is 25.1 Å². The number of aliphatic hydroxyl groups excluding tert-OH is 1. The topological polar surface area (TPSA) is 70.1 Å². The summed E-state index contributed by atoms with van der Waals surface area (Å²) in [7, 11) is 1.87. The fraction of sp³-hybridized carbons (Fsp3) is 0.692. The van der Waals surface area contributed by atoms with E-state index in [1.807, 2.05) is 20.9 Å². The Labute approximate surface area is 108 Å². The number of anilines is 2. The van der Waals surface area contributed by atoms with Gasteiger partial charge in [0.2, 0.25) is 0 Å². The van der Waals surface area contributed by atoms with Crippen molar-refractivity contribution in [3.63, 3.8) is 0 Å². The van der Waals surface area contributed by atoms with Crippen LogP contribution in [0.1, 0.15) is 43.5 Å². The third-order valence-corrected chi connectivity index (χ3v) is 3.32. The van der Waals surface area contributed by atoms with E-state index in [4.69, 9.17) is 0 Å². The highest BCUT2D eigenvalue weighted by Crippen LogP contribution is 2.39. The Morgan fingerprint density at radius 1 is 1.33 bits per heavy atom. The molecule has 0 aromatic carbocycles. The molecule has 0 aliphatic heterocycles. The highest BCUT2D eigenvalue weighted by atomic mass is 16.3. The van der Waals surface area contributed by atoms with E-state index < -0.39 is 0 Å². The van der Waals surface area contributed by atoms with Gasteiger partial charge in [0.05, 0.1) is 6.10 Å². The molecule has 5 nitrogen and oxygen atoms in total. The first-order valence-electron chi connectivity index (χ1n) is 6.63. The number of rotatable bonds is 6. The highest BCUT2D eigenvalue weighted by molar-refractivity contribution is 5.57. The number of aromatic nitrogens is 2. The van der Waals surface area contributed by atoms with Gasteiger partial charge in [-0.3, -0.25) is 0 Å². The van der Waals surface area contributed by atoms with Crippen molar-refractivity contribution in [2.75, 3.05) is 24.2 Å². The van der Waals surface area contributed by atoms with Crippen LogP contribution in [-0.4, -0.2) is 34.8 Å². The standard InChI is InChI=1S/C13H22N4O/c1-4-10(18)7-15-12-8(2)11(14-3)16-13(17-12)9-5-6-9/h9-10,18H,4-7H2,1-3H3,(H2,14,15,16,17). The summed E-state index contributed by atoms with van der Waals surface area (Å²) < 4.78 is 0. The smallest absolute Gasteiger partial charge is 0.136 e. The number of nitrogens with one attached hydrogen (secondary N) is 2. The van der Waals surface area contributed by atoms with E-state index in [1.54, 1.807) is 0 Å². The average molecular weight is 250 g/mol. The molecule has 0 amide bonds. The molecular formula is C13H22N4O. The maximum absolute atomic E-state index is 9.61. The lowest BCUT2D eigenvalue weighted by molar-refractivity contribution is 0.183. The van der Waals surface area contributed by atoms with Gasteiger partial charge in [0.1, 0.15) is 17.5 Å². The number of aliphatic hydroxyl groups is 1. The van der Waals surface area contributed by atoms with Gasteiger partial charge < -0.3 is 15.7 Å². The Balaban J connectivity index is 2.18. The highest BCUT2D eigenvalue weighted by Gasteiger charge is 2.28. The lowest BCUT2D eigenvalue weighted by Gasteiger charge is -2.15. The molecule has 1 atom stereocenters. The second kappa shape index (κ2) is 5.52. The summed E-state index contributed by atoms with van der Waals surface area (Å²) in [5.74, 6) is 3.15. The van der Waals surface area contributed by atoms with E-state index >= 15 is 0 Å². The maximum atomic E-state index is 9.61. The monoisotopic (exact) mass is 250 g/mol. The minimum absolute atomic E-state index is 0.332. The minimum atomic E-state index is -0.332. The SMILES string of the molecule is CCC(O)CNc1nc(C2CC2)nc(NC)c1C. The maximum Gasteiger partial charge on any atom is 0.136 e. The van der Waals surface area contributed by atoms with Crippen LogP contribution in [0.25, 0.3) is 0 Å². The molecule has 1 fully saturated rings. The van der Waals surface area contributed by atoms with Crippen LogP contribution in [0.5, 0.6) is 0 Å². The van der Waals surface area contributed by atoms with Crippen LogP contribution in [0, 0.1) is 6.92 Å². The molecule has 5 heteroatoms. The van der Waals surface area contributed by atoms with E-state index in [1.165, 1.54) is 12.8 Å². The van der Waals surface area contributed by atoms with Crippen molar-refractivity contribution in [3.8, 4) is 0 Å². The Bertz CT molecular complexity index is 418. The zero-order valence-electron chi connectivity index (χ0n) is 11.3. The minimum Gasteiger partial charge on any atom is -0.391 e. The molecule has 1 saturated carbocycles. The zero-order valence-corrected chi connectivity index (χ0v) is 11.3. The molecule has 0 bridgehead atoms. The second-order valence-electron chi connectivity index (χ2n) is 4.87. The van der Waals surface area contributed by atoms with E-state index in [0.717, 1.165) is 29.4 Å². The molecular weight excluding hydrogens is 228 g/mol. The number of hydrogen-bond donors (Lipinski definition) is 3. The summed E-state index contributed by atoms with van der Waals surface area (Å²) in [6.45, 7) is 4.48. The predicted molar refractivity (Wildman–Crippen MR) is 73.1 cm³/mol. The average Bonchev–Trinajstić information content (AvgIpc) is 3.21. The van der Waals surface area contributed by atoms with Crippen molar-refractivity contribution in [1.82, 2.24) is 9.97 Å². The Morgan fingerprint density at radius 2 is 2.00 bits per heavy atom. The predicted octanol–water partition coefficient (Wildman–Crippen LogP) is 1.89. The van der Waals surface area contributed by atoms with E-state index in [0.29, 0.717) is 12.5 Å². The largest absolute Gasteiger partial charge is 0.391 e. The van der Waals surface area contributed by atoms with E-state index in [2.05, 4.69) is 20.6 Å². The summed E-state index contributed by atoms with van der Waals surface area (Å²) in [5.41, 5.74) is 1.00. The van der Waals surface area contributed by atoms with Gasteiger partial charge >= 0.3 is 0 Å². The molecule has 1 heterocycles. The van der Waals surface area contributed by atoms with Gasteiger partial charge in [-0.15, -0.1) is 0 Å². The van der Waals surface area contributed by atoms with E-state index in [-0.39, 0.29) is 6.10 Å². The van der Waals surface area contributed by atoms with Gasteiger partial charge in [0.25, 0.3) is 0 Å². The van der Waals surface area contributed by atoms with Crippen molar-refractivity contribution < 1.29 is 5.11 Å². The Kier molecular flexibility index (Phi) is 4.01. The van der Waals surface area contributed by atoms with Crippen molar-refractivity contribution in [2.45, 2.75) is 45.1 Å². The first-order chi connectivity index (χ1) is 8.65. The summed E-state index contributed by atoms with van der Waals surface area (Å²) >= 11 is 0. The van der Waals surface area contributed by atoms with Crippen molar-refractivity contribution in [1.29, 1.82) is 0 Å². The fourth-order valence-corrected chi connectivity index (χ4v) is 1.83. The van der Waals surface area contributed by atoms with Crippen LogP contribution in [0.4, 0.5) is 11.6 Å². The normalized spacial score (nSPS) is 16.4. The van der Waals surface area contributed by atoms with Crippen molar-refractivity contribution in [2.24, 2.45) is 0 Å². The molecule has 1 aromatic rings. The number of nitrogens with zero attached hydrogens (tertiary/aromatic N) is 2. The first kappa shape index (κ1) is 13.1. The van der Waals surface area contributed by atoms with Crippen LogP contribution in [0.2, 0.25) is 0 Å². The van der Waals surface area contributed by atoms with Gasteiger partial charge in [-0.1, -0.05) is 6.92 Å². The second-order valence-corrected chi connectivity index (χ2v) is 4.87. The molecule has 0 spiro atoms. The number of hydrogen-bond acceptors (Lipinski definition) is 5. The molecule has 2 rings (SSSR count). The van der Waals surface area contributed by atoms with Crippen LogP contribution in [-0.2, 0) is 0 Å². The Hall–Kier alpha value is -1.36. The molecule has 100 valence electrons. The molecule has 3 N–H and O–H groups in total. The molecule has 0 saturated heterocycles. The summed E-state index contributed by atoms with van der Waals surface area (Å²) in [4.78, 5) is 9.11. The molecule has 1 aliphatic carbocycles. The molecule has 1 aromatic heterocycles. The third-order valence-electron chi connectivity index (χ3n) is 3.32.